The zero-order chi connectivity index (χ0) is 12.8. The maximum absolute atomic E-state index is 10.6. The predicted molar refractivity (Wildman–Crippen MR) is 68.1 cm³/mol. The summed E-state index contributed by atoms with van der Waals surface area (Å²) in [5, 5.41) is 0. The molecule has 0 radical (unpaired) electrons. The Kier molecular flexibility index (Phi) is 4.63. The fraction of sp³-hybridized carbons (Fsp3) is 0. The Hall–Kier alpha value is -1.91. The lowest BCUT2D eigenvalue weighted by atomic mass is 10.7. The maximum atomic E-state index is 10.6. The van der Waals surface area contributed by atoms with Crippen LogP contribution in [0.4, 0.5) is 0 Å². The molecule has 9 heteroatoms. The number of aromatic nitrogens is 4. The minimum absolute atomic E-state index is 0.348. The molecule has 0 fully saturated rings. The van der Waals surface area contributed by atoms with Gasteiger partial charge in [0.05, 0.1) is 3.57 Å². The molecule has 0 saturated carbocycles. The molecule has 2 aromatic heterocycles. The van der Waals surface area contributed by atoms with Crippen molar-refractivity contribution >= 4 is 22.6 Å². The Labute approximate surface area is 106 Å². The van der Waals surface area contributed by atoms with Crippen LogP contribution in [0.3, 0.4) is 0 Å². The molecule has 8 nitrogen and oxygen atoms in total. The van der Waals surface area contributed by atoms with Crippen molar-refractivity contribution in [1.82, 2.24) is 19.9 Å². The van der Waals surface area contributed by atoms with E-state index in [0.29, 0.717) is 3.57 Å². The Bertz CT molecular complexity index is 685. The van der Waals surface area contributed by atoms with Gasteiger partial charge in [0.2, 0.25) is 0 Å². The normalized spacial score (nSPS) is 9.24. The van der Waals surface area contributed by atoms with Crippen molar-refractivity contribution in [2.45, 2.75) is 0 Å². The molecule has 0 unspecified atom stereocenters. The second kappa shape index (κ2) is 5.98. The molecule has 2 heterocycles. The van der Waals surface area contributed by atoms with Gasteiger partial charge in [-0.1, -0.05) is 0 Å². The molecular weight excluding hydrogens is 343 g/mol. The average Bonchev–Trinajstić information content (AvgIpc) is 2.24. The van der Waals surface area contributed by atoms with Crippen molar-refractivity contribution in [1.29, 1.82) is 0 Å². The summed E-state index contributed by atoms with van der Waals surface area (Å²) in [4.78, 5) is 49.9. The van der Waals surface area contributed by atoms with E-state index in [0.717, 1.165) is 0 Å². The minimum atomic E-state index is -0.475. The van der Waals surface area contributed by atoms with Gasteiger partial charge < -0.3 is 9.97 Å². The van der Waals surface area contributed by atoms with E-state index < -0.39 is 11.4 Å². The Morgan fingerprint density at radius 1 is 0.941 bits per heavy atom. The van der Waals surface area contributed by atoms with E-state index in [1.165, 1.54) is 18.5 Å². The van der Waals surface area contributed by atoms with Crippen molar-refractivity contribution in [3.63, 3.8) is 0 Å². The standard InChI is InChI=1S/C4H3IN2O2.C4H4N2O2/c5-2-1-6-4(9)7-3(2)8;7-3-1-2-5-4(8)6-3/h1H,(H2,6,7,8,9);1-2H,(H2,5,6,7,8). The molecule has 0 aliphatic carbocycles. The van der Waals surface area contributed by atoms with Crippen LogP contribution < -0.4 is 22.5 Å². The van der Waals surface area contributed by atoms with E-state index in [4.69, 9.17) is 0 Å². The molecule has 0 aliphatic heterocycles. The second-order valence-electron chi connectivity index (χ2n) is 2.72. The van der Waals surface area contributed by atoms with Gasteiger partial charge in [-0.25, -0.2) is 9.59 Å². The van der Waals surface area contributed by atoms with Crippen LogP contribution in [0.15, 0.2) is 37.6 Å². The SMILES string of the molecule is O=c1[nH]cc(I)c(=O)[nH]1.O=c1cc[nH]c(=O)[nH]1. The number of halogens is 1. The summed E-state index contributed by atoms with van der Waals surface area (Å²) >= 11 is 1.83. The summed E-state index contributed by atoms with van der Waals surface area (Å²) in [5.41, 5.74) is -1.67. The van der Waals surface area contributed by atoms with Gasteiger partial charge in [0.15, 0.2) is 0 Å². The summed E-state index contributed by atoms with van der Waals surface area (Å²) in [5.74, 6) is 0. The Morgan fingerprint density at radius 2 is 1.59 bits per heavy atom. The topological polar surface area (TPSA) is 131 Å². The predicted octanol–water partition coefficient (Wildman–Crippen LogP) is -1.27. The molecule has 0 amide bonds. The monoisotopic (exact) mass is 350 g/mol. The first-order valence-corrected chi connectivity index (χ1v) is 5.32. The highest BCUT2D eigenvalue weighted by Gasteiger charge is 1.90. The fourth-order valence-electron chi connectivity index (χ4n) is 0.776. The highest BCUT2D eigenvalue weighted by atomic mass is 127. The molecule has 0 spiro atoms. The number of hydrogen-bond donors (Lipinski definition) is 4. The zero-order valence-electron chi connectivity index (χ0n) is 8.24. The van der Waals surface area contributed by atoms with E-state index in [2.05, 4.69) is 15.0 Å². The van der Waals surface area contributed by atoms with Crippen LogP contribution in [0.2, 0.25) is 0 Å². The Morgan fingerprint density at radius 3 is 2.00 bits per heavy atom. The zero-order valence-corrected chi connectivity index (χ0v) is 10.4. The van der Waals surface area contributed by atoms with Crippen LogP contribution in [0.1, 0.15) is 0 Å². The third-order valence-electron chi connectivity index (χ3n) is 1.46. The average molecular weight is 350 g/mol. The van der Waals surface area contributed by atoms with E-state index in [9.17, 15) is 19.2 Å². The number of hydrogen-bond acceptors (Lipinski definition) is 4. The molecule has 2 rings (SSSR count). The molecule has 0 aromatic carbocycles. The number of rotatable bonds is 0. The van der Waals surface area contributed by atoms with Crippen LogP contribution >= 0.6 is 22.6 Å². The molecule has 90 valence electrons. The van der Waals surface area contributed by atoms with Crippen LogP contribution in [0.25, 0.3) is 0 Å². The third kappa shape index (κ3) is 4.63. The summed E-state index contributed by atoms with van der Waals surface area (Å²) in [6, 6.07) is 1.24. The number of H-pyrrole nitrogens is 4. The van der Waals surface area contributed by atoms with Gasteiger partial charge in [-0.15, -0.1) is 0 Å². The molecule has 4 N–H and O–H groups in total. The van der Waals surface area contributed by atoms with Crippen LogP contribution in [-0.4, -0.2) is 19.9 Å². The fourth-order valence-corrected chi connectivity index (χ4v) is 1.07. The van der Waals surface area contributed by atoms with E-state index in [1.54, 1.807) is 0 Å². The van der Waals surface area contributed by atoms with Gasteiger partial charge in [-0.05, 0) is 22.6 Å². The molecule has 0 atom stereocenters. The van der Waals surface area contributed by atoms with Gasteiger partial charge in [0.25, 0.3) is 11.1 Å². The maximum Gasteiger partial charge on any atom is 0.325 e. The quantitative estimate of drug-likeness (QED) is 0.441. The first-order valence-electron chi connectivity index (χ1n) is 4.24. The lowest BCUT2D eigenvalue weighted by Crippen LogP contribution is -2.22. The number of aromatic amines is 4. The molecule has 17 heavy (non-hydrogen) atoms. The van der Waals surface area contributed by atoms with Crippen molar-refractivity contribution in [2.75, 3.05) is 0 Å². The summed E-state index contributed by atoms with van der Waals surface area (Å²) in [6.45, 7) is 0. The van der Waals surface area contributed by atoms with E-state index in [-0.39, 0.29) is 11.1 Å². The van der Waals surface area contributed by atoms with Crippen molar-refractivity contribution in [2.24, 2.45) is 0 Å². The second-order valence-corrected chi connectivity index (χ2v) is 3.88. The van der Waals surface area contributed by atoms with Crippen LogP contribution in [-0.2, 0) is 0 Å². The first-order chi connectivity index (χ1) is 7.99. The molecule has 0 aliphatic rings. The van der Waals surface area contributed by atoms with Gasteiger partial charge in [0.1, 0.15) is 0 Å². The summed E-state index contributed by atoms with van der Waals surface area (Å²) in [6.07, 6.45) is 2.66. The van der Waals surface area contributed by atoms with Crippen LogP contribution in [0.5, 0.6) is 0 Å². The lowest BCUT2D eigenvalue weighted by molar-refractivity contribution is 1.02. The van der Waals surface area contributed by atoms with Crippen molar-refractivity contribution < 1.29 is 0 Å². The van der Waals surface area contributed by atoms with Crippen molar-refractivity contribution in [3.8, 4) is 0 Å². The highest BCUT2D eigenvalue weighted by Crippen LogP contribution is 1.87. The van der Waals surface area contributed by atoms with Gasteiger partial charge >= 0.3 is 11.4 Å². The summed E-state index contributed by atoms with van der Waals surface area (Å²) in [7, 11) is 0. The number of nitrogens with one attached hydrogen (secondary N) is 4. The van der Waals surface area contributed by atoms with Gasteiger partial charge in [-0.3, -0.25) is 19.6 Å². The van der Waals surface area contributed by atoms with E-state index >= 15 is 0 Å². The lowest BCUT2D eigenvalue weighted by Gasteiger charge is -1.82. The molecular formula is C8H7IN4O4. The van der Waals surface area contributed by atoms with Gasteiger partial charge in [0, 0.05) is 18.5 Å². The van der Waals surface area contributed by atoms with E-state index in [1.807, 2.05) is 27.6 Å². The Balaban J connectivity index is 0.000000171. The van der Waals surface area contributed by atoms with Crippen molar-refractivity contribution in [3.05, 3.63) is 63.7 Å². The van der Waals surface area contributed by atoms with Gasteiger partial charge in [-0.2, -0.15) is 0 Å². The molecule has 0 bridgehead atoms. The third-order valence-corrected chi connectivity index (χ3v) is 2.26. The summed E-state index contributed by atoms with van der Waals surface area (Å²) < 4.78 is 0.479. The minimum Gasteiger partial charge on any atom is -0.314 e. The smallest absolute Gasteiger partial charge is 0.314 e. The molecule has 0 saturated heterocycles. The largest absolute Gasteiger partial charge is 0.325 e. The molecule has 2 aromatic rings. The first kappa shape index (κ1) is 13.2. The van der Waals surface area contributed by atoms with Crippen LogP contribution in [0, 0.1) is 3.57 Å². The highest BCUT2D eigenvalue weighted by molar-refractivity contribution is 14.1.